The van der Waals surface area contributed by atoms with Crippen molar-refractivity contribution in [3.63, 3.8) is 0 Å². The Morgan fingerprint density at radius 1 is 0.276 bits per heavy atom. The second-order valence-corrected chi connectivity index (χ2v) is 22.2. The van der Waals surface area contributed by atoms with Gasteiger partial charge in [0.05, 0.1) is 16.8 Å². The molecule has 76 heavy (non-hydrogen) atoms. The van der Waals surface area contributed by atoms with E-state index >= 15 is 0 Å². The molecule has 13 rings (SSSR count). The van der Waals surface area contributed by atoms with Crippen molar-refractivity contribution < 1.29 is 0 Å². The van der Waals surface area contributed by atoms with Gasteiger partial charge in [-0.15, -0.1) is 0 Å². The van der Waals surface area contributed by atoms with Crippen LogP contribution in [0.2, 0.25) is 0 Å². The number of fused-ring (bicyclic) bond motifs is 4. The zero-order chi connectivity index (χ0) is 51.4. The van der Waals surface area contributed by atoms with Gasteiger partial charge in [-0.25, -0.2) is 0 Å². The van der Waals surface area contributed by atoms with Gasteiger partial charge in [0.2, 0.25) is 0 Å². The van der Waals surface area contributed by atoms with Crippen molar-refractivity contribution in [3.05, 3.63) is 306 Å². The third-order valence-corrected chi connectivity index (χ3v) is 16.9. The summed E-state index contributed by atoms with van der Waals surface area (Å²) in [4.78, 5) is 2.48. The van der Waals surface area contributed by atoms with E-state index in [1.807, 2.05) is 0 Å². The third kappa shape index (κ3) is 7.93. The molecule has 0 spiro atoms. The van der Waals surface area contributed by atoms with Crippen molar-refractivity contribution >= 4 is 17.1 Å². The average molecular weight is 976 g/mol. The molecule has 366 valence electrons. The maximum atomic E-state index is 2.63. The standard InChI is InChI=1S/C75H61N/c1-73(2)47-48-74(3,4)69-51-67-66(50-68(69)73)65-35-22-34-64(72(65)75(67,59-29-16-8-17-30-59)60-31-18-9-19-32-60)57-39-37-56(38-40-57)62-33-20-21-36-70(62)76(61-44-41-54(42-45-61)52-23-10-5-11-24-52)71-49-58(53-25-12-6-13-26-53)43-46-63(71)55-27-14-7-15-28-55/h5-46,49-51H,47-48H2,1-4H3. The Morgan fingerprint density at radius 3 is 1.28 bits per heavy atom. The molecule has 1 heteroatoms. The van der Waals surface area contributed by atoms with Crippen LogP contribution in [0.4, 0.5) is 17.1 Å². The zero-order valence-electron chi connectivity index (χ0n) is 43.8. The smallest absolute Gasteiger partial charge is 0.0719 e. The first-order valence-corrected chi connectivity index (χ1v) is 27.0. The van der Waals surface area contributed by atoms with Gasteiger partial charge in [-0.05, 0) is 143 Å². The Bertz CT molecular complexity index is 3830. The number of para-hydroxylation sites is 1. The Hall–Kier alpha value is -8.78. The summed E-state index contributed by atoms with van der Waals surface area (Å²) in [6.07, 6.45) is 2.33. The normalized spacial score (nSPS) is 14.5. The molecule has 0 bridgehead atoms. The van der Waals surface area contributed by atoms with Gasteiger partial charge in [0, 0.05) is 16.8 Å². The summed E-state index contributed by atoms with van der Waals surface area (Å²) >= 11 is 0. The molecule has 11 aromatic rings. The number of hydrogen-bond donors (Lipinski definition) is 0. The molecule has 0 aromatic heterocycles. The molecular formula is C75H61N. The van der Waals surface area contributed by atoms with Gasteiger partial charge in [-0.1, -0.05) is 270 Å². The van der Waals surface area contributed by atoms with E-state index in [-0.39, 0.29) is 10.8 Å². The average Bonchev–Trinajstić information content (AvgIpc) is 3.78. The Balaban J connectivity index is 0.998. The van der Waals surface area contributed by atoms with Crippen molar-refractivity contribution in [2.24, 2.45) is 0 Å². The zero-order valence-corrected chi connectivity index (χ0v) is 43.8. The minimum Gasteiger partial charge on any atom is -0.309 e. The summed E-state index contributed by atoms with van der Waals surface area (Å²) in [6, 6.07) is 102. The molecule has 11 aromatic carbocycles. The van der Waals surface area contributed by atoms with E-state index < -0.39 is 5.41 Å². The van der Waals surface area contributed by atoms with E-state index in [1.165, 1.54) is 78.7 Å². The first-order chi connectivity index (χ1) is 37.2. The Labute approximate surface area is 449 Å². The Morgan fingerprint density at radius 2 is 0.684 bits per heavy atom. The first-order valence-electron chi connectivity index (χ1n) is 27.0. The van der Waals surface area contributed by atoms with Gasteiger partial charge >= 0.3 is 0 Å². The molecule has 2 aliphatic carbocycles. The number of anilines is 3. The quantitative estimate of drug-likeness (QED) is 0.132. The number of nitrogens with zero attached hydrogens (tertiary/aromatic N) is 1. The lowest BCUT2D eigenvalue weighted by Crippen LogP contribution is -2.35. The highest BCUT2D eigenvalue weighted by molar-refractivity contribution is 5.97. The molecule has 1 nitrogen and oxygen atoms in total. The van der Waals surface area contributed by atoms with Gasteiger partial charge in [0.15, 0.2) is 0 Å². The molecule has 0 saturated heterocycles. The minimum atomic E-state index is -0.553. The van der Waals surface area contributed by atoms with E-state index in [0.29, 0.717) is 0 Å². The molecule has 2 aliphatic rings. The van der Waals surface area contributed by atoms with Crippen molar-refractivity contribution in [1.82, 2.24) is 0 Å². The molecule has 0 heterocycles. The topological polar surface area (TPSA) is 3.24 Å². The van der Waals surface area contributed by atoms with Crippen LogP contribution in [0, 0.1) is 0 Å². The lowest BCUT2D eigenvalue weighted by atomic mass is 9.60. The Kier molecular flexibility index (Phi) is 11.7. The summed E-state index contributed by atoms with van der Waals surface area (Å²) in [5, 5.41) is 0. The molecule has 0 aliphatic heterocycles. The van der Waals surface area contributed by atoms with Crippen molar-refractivity contribution in [2.75, 3.05) is 4.90 Å². The monoisotopic (exact) mass is 975 g/mol. The number of benzene rings is 11. The largest absolute Gasteiger partial charge is 0.309 e. The SMILES string of the molecule is CC1(C)CCC(C)(C)c2cc3c(cc21)-c1cccc(-c2ccc(-c4ccccc4N(c4ccc(-c5ccccc5)cc4)c4cc(-c5ccccc5)ccc4-c4ccccc4)cc2)c1C3(c1ccccc1)c1ccccc1. The summed E-state index contributed by atoms with van der Waals surface area (Å²) < 4.78 is 0. The second kappa shape index (κ2) is 18.9. The first kappa shape index (κ1) is 47.0. The number of rotatable bonds is 10. The lowest BCUT2D eigenvalue weighted by Gasteiger charge is -2.43. The van der Waals surface area contributed by atoms with Crippen molar-refractivity contribution in [2.45, 2.75) is 56.8 Å². The highest BCUT2D eigenvalue weighted by atomic mass is 15.1. The highest BCUT2D eigenvalue weighted by Crippen LogP contribution is 2.61. The van der Waals surface area contributed by atoms with E-state index in [1.54, 1.807) is 0 Å². The van der Waals surface area contributed by atoms with E-state index in [9.17, 15) is 0 Å². The fraction of sp³-hybridized carbons (Fsp3) is 0.120. The summed E-state index contributed by atoms with van der Waals surface area (Å²) in [5.74, 6) is 0. The molecule has 0 N–H and O–H groups in total. The predicted octanol–water partition coefficient (Wildman–Crippen LogP) is 20.2. The van der Waals surface area contributed by atoms with Crippen LogP contribution >= 0.6 is 0 Å². The maximum Gasteiger partial charge on any atom is 0.0719 e. The van der Waals surface area contributed by atoms with Crippen LogP contribution in [0.1, 0.15) is 73.9 Å². The van der Waals surface area contributed by atoms with Crippen LogP contribution in [-0.4, -0.2) is 0 Å². The molecule has 0 fully saturated rings. The van der Waals surface area contributed by atoms with E-state index in [4.69, 9.17) is 0 Å². The fourth-order valence-corrected chi connectivity index (χ4v) is 12.8. The van der Waals surface area contributed by atoms with Gasteiger partial charge in [-0.2, -0.15) is 0 Å². The summed E-state index contributed by atoms with van der Waals surface area (Å²) in [7, 11) is 0. The van der Waals surface area contributed by atoms with Gasteiger partial charge in [-0.3, -0.25) is 0 Å². The van der Waals surface area contributed by atoms with Crippen molar-refractivity contribution in [1.29, 1.82) is 0 Å². The molecule has 0 atom stereocenters. The molecular weight excluding hydrogens is 915 g/mol. The second-order valence-electron chi connectivity index (χ2n) is 22.2. The molecule has 0 saturated carbocycles. The summed E-state index contributed by atoms with van der Waals surface area (Å²) in [5.41, 5.74) is 25.6. The molecule has 0 amide bonds. The van der Waals surface area contributed by atoms with E-state index in [2.05, 4.69) is 306 Å². The highest BCUT2D eigenvalue weighted by Gasteiger charge is 2.50. The van der Waals surface area contributed by atoms with Crippen LogP contribution in [0.15, 0.2) is 273 Å². The fourth-order valence-electron chi connectivity index (χ4n) is 12.8. The third-order valence-electron chi connectivity index (χ3n) is 16.9. The van der Waals surface area contributed by atoms with Gasteiger partial charge in [0.1, 0.15) is 0 Å². The minimum absolute atomic E-state index is 0.0533. The van der Waals surface area contributed by atoms with Crippen LogP contribution < -0.4 is 4.90 Å². The van der Waals surface area contributed by atoms with Crippen LogP contribution in [0.5, 0.6) is 0 Å². The van der Waals surface area contributed by atoms with Crippen LogP contribution in [0.3, 0.4) is 0 Å². The number of hydrogen-bond acceptors (Lipinski definition) is 1. The predicted molar refractivity (Wildman–Crippen MR) is 321 cm³/mol. The lowest BCUT2D eigenvalue weighted by molar-refractivity contribution is 0.331. The van der Waals surface area contributed by atoms with Crippen LogP contribution in [0.25, 0.3) is 66.8 Å². The molecule has 0 radical (unpaired) electrons. The molecule has 0 unspecified atom stereocenters. The van der Waals surface area contributed by atoms with E-state index in [0.717, 1.165) is 51.3 Å². The van der Waals surface area contributed by atoms with Crippen LogP contribution in [-0.2, 0) is 16.2 Å². The van der Waals surface area contributed by atoms with Crippen molar-refractivity contribution in [3.8, 4) is 66.8 Å². The van der Waals surface area contributed by atoms with Gasteiger partial charge in [0.25, 0.3) is 0 Å². The summed E-state index contributed by atoms with van der Waals surface area (Å²) in [6.45, 7) is 9.81. The maximum absolute atomic E-state index is 2.63. The van der Waals surface area contributed by atoms with Gasteiger partial charge < -0.3 is 4.90 Å².